The van der Waals surface area contributed by atoms with Crippen molar-refractivity contribution >= 4 is 11.6 Å². The summed E-state index contributed by atoms with van der Waals surface area (Å²) in [5.41, 5.74) is 3.16. The molecule has 0 bridgehead atoms. The third-order valence-electron chi connectivity index (χ3n) is 2.86. The van der Waals surface area contributed by atoms with Gasteiger partial charge in [-0.3, -0.25) is 4.68 Å². The number of halogens is 1. The fourth-order valence-corrected chi connectivity index (χ4v) is 2.18. The molecular formula is C12H17ClN4. The van der Waals surface area contributed by atoms with Gasteiger partial charge in [0.05, 0.1) is 23.0 Å². The van der Waals surface area contributed by atoms with E-state index in [1.807, 2.05) is 31.8 Å². The molecule has 0 aliphatic heterocycles. The van der Waals surface area contributed by atoms with Gasteiger partial charge >= 0.3 is 0 Å². The first-order chi connectivity index (χ1) is 8.13. The molecule has 0 saturated heterocycles. The van der Waals surface area contributed by atoms with Crippen LogP contribution in [0.1, 0.15) is 17.1 Å². The lowest BCUT2D eigenvalue weighted by molar-refractivity contribution is 0.635. The van der Waals surface area contributed by atoms with Crippen molar-refractivity contribution in [1.82, 2.24) is 19.7 Å². The van der Waals surface area contributed by atoms with Crippen molar-refractivity contribution in [1.29, 1.82) is 0 Å². The lowest BCUT2D eigenvalue weighted by atomic mass is 10.3. The van der Waals surface area contributed by atoms with E-state index in [4.69, 9.17) is 11.6 Å². The Kier molecular flexibility index (Phi) is 3.54. The van der Waals surface area contributed by atoms with Crippen molar-refractivity contribution < 1.29 is 0 Å². The molecule has 5 heteroatoms. The predicted octanol–water partition coefficient (Wildman–Crippen LogP) is 1.95. The van der Waals surface area contributed by atoms with E-state index in [-0.39, 0.29) is 0 Å². The largest absolute Gasteiger partial charge is 0.344 e. The van der Waals surface area contributed by atoms with Crippen molar-refractivity contribution in [3.8, 4) is 0 Å². The van der Waals surface area contributed by atoms with Crippen LogP contribution in [0.25, 0.3) is 0 Å². The van der Waals surface area contributed by atoms with E-state index in [0.29, 0.717) is 0 Å². The van der Waals surface area contributed by atoms with Crippen molar-refractivity contribution in [3.63, 3.8) is 0 Å². The number of aromatic nitrogens is 3. The second-order valence-electron chi connectivity index (χ2n) is 4.13. The molecule has 17 heavy (non-hydrogen) atoms. The summed E-state index contributed by atoms with van der Waals surface area (Å²) in [6, 6.07) is 4.15. The van der Waals surface area contributed by atoms with Crippen molar-refractivity contribution in [2.75, 3.05) is 7.05 Å². The van der Waals surface area contributed by atoms with E-state index in [1.54, 1.807) is 0 Å². The molecule has 0 atom stereocenters. The van der Waals surface area contributed by atoms with E-state index in [9.17, 15) is 0 Å². The molecule has 0 aliphatic carbocycles. The minimum atomic E-state index is 0.750. The maximum absolute atomic E-state index is 6.25. The van der Waals surface area contributed by atoms with E-state index in [1.165, 1.54) is 5.69 Å². The molecule has 0 unspecified atom stereocenters. The van der Waals surface area contributed by atoms with Gasteiger partial charge in [-0.15, -0.1) is 0 Å². The number of nitrogens with zero attached hydrogens (tertiary/aromatic N) is 3. The highest BCUT2D eigenvalue weighted by atomic mass is 35.5. The van der Waals surface area contributed by atoms with Gasteiger partial charge in [0.15, 0.2) is 0 Å². The summed E-state index contributed by atoms with van der Waals surface area (Å²) in [6.07, 6.45) is 2.06. The summed E-state index contributed by atoms with van der Waals surface area (Å²) in [6.45, 7) is 3.53. The maximum atomic E-state index is 6.25. The van der Waals surface area contributed by atoms with Gasteiger partial charge in [0.25, 0.3) is 0 Å². The van der Waals surface area contributed by atoms with Gasteiger partial charge in [0.1, 0.15) is 0 Å². The van der Waals surface area contributed by atoms with Gasteiger partial charge in [-0.25, -0.2) is 0 Å². The number of aryl methyl sites for hydroxylation is 2. The molecule has 2 heterocycles. The number of hydrogen-bond acceptors (Lipinski definition) is 2. The molecule has 0 spiro atoms. The Morgan fingerprint density at radius 3 is 2.82 bits per heavy atom. The van der Waals surface area contributed by atoms with Crippen molar-refractivity contribution in [3.05, 3.63) is 40.4 Å². The Hall–Kier alpha value is -1.26. The first-order valence-corrected chi connectivity index (χ1v) is 5.98. The Morgan fingerprint density at radius 2 is 2.24 bits per heavy atom. The van der Waals surface area contributed by atoms with Crippen molar-refractivity contribution in [2.24, 2.45) is 7.05 Å². The Bertz CT molecular complexity index is 513. The van der Waals surface area contributed by atoms with Crippen LogP contribution in [0.4, 0.5) is 0 Å². The fourth-order valence-electron chi connectivity index (χ4n) is 1.96. The normalized spacial score (nSPS) is 11.1. The summed E-state index contributed by atoms with van der Waals surface area (Å²) in [5.74, 6) is 0. The average molecular weight is 253 g/mol. The van der Waals surface area contributed by atoms with E-state index < -0.39 is 0 Å². The van der Waals surface area contributed by atoms with Gasteiger partial charge < -0.3 is 9.88 Å². The Morgan fingerprint density at radius 1 is 1.47 bits per heavy atom. The van der Waals surface area contributed by atoms with Crippen LogP contribution in [0, 0.1) is 6.92 Å². The number of hydrogen-bond donors (Lipinski definition) is 1. The Labute approximate surface area is 106 Å². The Balaban J connectivity index is 2.28. The molecule has 0 aliphatic rings. The van der Waals surface area contributed by atoms with Crippen LogP contribution in [0.5, 0.6) is 0 Å². The molecule has 2 aromatic heterocycles. The average Bonchev–Trinajstić information content (AvgIpc) is 2.81. The highest BCUT2D eigenvalue weighted by molar-refractivity contribution is 6.31. The summed E-state index contributed by atoms with van der Waals surface area (Å²) in [7, 11) is 3.87. The highest BCUT2D eigenvalue weighted by Crippen LogP contribution is 2.21. The molecule has 2 aromatic rings. The first-order valence-electron chi connectivity index (χ1n) is 5.60. The van der Waals surface area contributed by atoms with Gasteiger partial charge in [0, 0.05) is 25.5 Å². The summed E-state index contributed by atoms with van der Waals surface area (Å²) in [4.78, 5) is 0. The van der Waals surface area contributed by atoms with E-state index in [2.05, 4.69) is 27.2 Å². The lowest BCUT2D eigenvalue weighted by Gasteiger charge is -2.09. The highest BCUT2D eigenvalue weighted by Gasteiger charge is 2.12. The molecule has 4 nitrogen and oxygen atoms in total. The topological polar surface area (TPSA) is 34.8 Å². The first kappa shape index (κ1) is 12.2. The molecule has 0 aromatic carbocycles. The van der Waals surface area contributed by atoms with E-state index in [0.717, 1.165) is 29.5 Å². The zero-order valence-electron chi connectivity index (χ0n) is 10.4. The van der Waals surface area contributed by atoms with Gasteiger partial charge in [-0.1, -0.05) is 11.6 Å². The second-order valence-corrected chi connectivity index (χ2v) is 4.51. The van der Waals surface area contributed by atoms with Gasteiger partial charge in [-0.2, -0.15) is 5.10 Å². The summed E-state index contributed by atoms with van der Waals surface area (Å²) < 4.78 is 4.03. The minimum absolute atomic E-state index is 0.750. The summed E-state index contributed by atoms with van der Waals surface area (Å²) in [5, 5.41) is 8.24. The predicted molar refractivity (Wildman–Crippen MR) is 69.3 cm³/mol. The van der Waals surface area contributed by atoms with E-state index >= 15 is 0 Å². The maximum Gasteiger partial charge on any atom is 0.0865 e. The molecule has 0 amide bonds. The monoisotopic (exact) mass is 252 g/mol. The van der Waals surface area contributed by atoms with Crippen LogP contribution >= 0.6 is 11.6 Å². The van der Waals surface area contributed by atoms with Gasteiger partial charge in [0.2, 0.25) is 0 Å². The minimum Gasteiger partial charge on any atom is -0.344 e. The van der Waals surface area contributed by atoms with Crippen LogP contribution < -0.4 is 5.32 Å². The number of rotatable bonds is 4. The summed E-state index contributed by atoms with van der Waals surface area (Å²) >= 11 is 6.25. The standard InChI is InChI=1S/C12H17ClN4/c1-9-12(13)11(16(3)15-9)8-17-6-4-5-10(17)7-14-2/h4-6,14H,7-8H2,1-3H3. The molecule has 2 rings (SSSR count). The quantitative estimate of drug-likeness (QED) is 0.903. The zero-order valence-corrected chi connectivity index (χ0v) is 11.1. The third kappa shape index (κ3) is 2.37. The molecule has 0 radical (unpaired) electrons. The number of nitrogens with one attached hydrogen (secondary N) is 1. The van der Waals surface area contributed by atoms with Crippen LogP contribution in [0.2, 0.25) is 5.02 Å². The van der Waals surface area contributed by atoms with Crippen LogP contribution in [0.15, 0.2) is 18.3 Å². The van der Waals surface area contributed by atoms with Crippen LogP contribution in [-0.2, 0) is 20.1 Å². The SMILES string of the molecule is CNCc1cccn1Cc1c(Cl)c(C)nn1C. The zero-order chi connectivity index (χ0) is 12.4. The smallest absolute Gasteiger partial charge is 0.0865 e. The third-order valence-corrected chi connectivity index (χ3v) is 3.35. The molecule has 1 N–H and O–H groups in total. The van der Waals surface area contributed by atoms with Gasteiger partial charge in [-0.05, 0) is 26.1 Å². The molecule has 0 fully saturated rings. The van der Waals surface area contributed by atoms with Crippen molar-refractivity contribution in [2.45, 2.75) is 20.0 Å². The second kappa shape index (κ2) is 4.94. The lowest BCUT2D eigenvalue weighted by Crippen LogP contribution is -2.13. The molecule has 92 valence electrons. The van der Waals surface area contributed by atoms with Crippen LogP contribution in [0.3, 0.4) is 0 Å². The fraction of sp³-hybridized carbons (Fsp3) is 0.417. The molecule has 0 saturated carbocycles. The van der Waals surface area contributed by atoms with Crippen LogP contribution in [-0.4, -0.2) is 21.4 Å². The molecular weight excluding hydrogens is 236 g/mol.